The third-order valence-corrected chi connectivity index (χ3v) is 8.43. The van der Waals surface area contributed by atoms with Crippen molar-refractivity contribution in [2.75, 3.05) is 30.9 Å². The lowest BCUT2D eigenvalue weighted by molar-refractivity contribution is -0.122. The first kappa shape index (κ1) is 26.8. The van der Waals surface area contributed by atoms with Gasteiger partial charge in [0.25, 0.3) is 0 Å². The number of benzene rings is 2. The predicted molar refractivity (Wildman–Crippen MR) is 159 cm³/mol. The van der Waals surface area contributed by atoms with Crippen LogP contribution in [0.2, 0.25) is 0 Å². The summed E-state index contributed by atoms with van der Waals surface area (Å²) in [5.41, 5.74) is 2.50. The molecule has 2 aromatic carbocycles. The van der Waals surface area contributed by atoms with E-state index in [9.17, 15) is 9.59 Å². The van der Waals surface area contributed by atoms with Crippen LogP contribution in [0, 0.1) is 5.92 Å². The number of hydrogen-bond donors (Lipinski definition) is 2. The molecule has 39 heavy (non-hydrogen) atoms. The molecule has 2 N–H and O–H groups in total. The maximum Gasteiger partial charge on any atom is 0.227 e. The minimum absolute atomic E-state index is 0.0177. The van der Waals surface area contributed by atoms with Crippen molar-refractivity contribution in [3.8, 4) is 0 Å². The molecule has 1 saturated carbocycles. The molecule has 2 aromatic heterocycles. The van der Waals surface area contributed by atoms with Gasteiger partial charge in [-0.3, -0.25) is 9.59 Å². The van der Waals surface area contributed by atoms with Crippen molar-refractivity contribution in [3.63, 3.8) is 0 Å². The summed E-state index contributed by atoms with van der Waals surface area (Å²) >= 11 is 1.44. The molecular formula is C31H35N5O2S. The number of nitrogens with one attached hydrogen (secondary N) is 2. The van der Waals surface area contributed by atoms with Crippen LogP contribution >= 0.6 is 11.3 Å². The van der Waals surface area contributed by atoms with Gasteiger partial charge in [-0.25, -0.2) is 4.98 Å². The number of nitrogens with zero attached hydrogens (tertiary/aromatic N) is 3. The van der Waals surface area contributed by atoms with Gasteiger partial charge in [-0.2, -0.15) is 4.98 Å². The van der Waals surface area contributed by atoms with E-state index in [0.29, 0.717) is 30.0 Å². The molecule has 0 radical (unpaired) electrons. The van der Waals surface area contributed by atoms with E-state index in [1.807, 2.05) is 85.9 Å². The van der Waals surface area contributed by atoms with Crippen molar-refractivity contribution >= 4 is 45.7 Å². The molecule has 0 spiro atoms. The Balaban J connectivity index is 1.10. The van der Waals surface area contributed by atoms with Gasteiger partial charge in [0.2, 0.25) is 17.6 Å². The van der Waals surface area contributed by atoms with E-state index >= 15 is 0 Å². The Hall–Kier alpha value is -3.78. The molecule has 0 aliphatic heterocycles. The normalized spacial score (nSPS) is 17.9. The van der Waals surface area contributed by atoms with Gasteiger partial charge >= 0.3 is 0 Å². The molecule has 7 nitrogen and oxygen atoms in total. The zero-order valence-electron chi connectivity index (χ0n) is 22.7. The van der Waals surface area contributed by atoms with Gasteiger partial charge in [0.1, 0.15) is 5.82 Å². The zero-order valence-corrected chi connectivity index (χ0v) is 23.5. The Morgan fingerprint density at radius 3 is 2.41 bits per heavy atom. The molecule has 8 heteroatoms. The Labute approximate surface area is 233 Å². The average Bonchev–Trinajstić information content (AvgIpc) is 3.51. The van der Waals surface area contributed by atoms with Gasteiger partial charge in [-0.05, 0) is 67.7 Å². The number of amides is 1. The standard InChI is InChI=1S/C31H35N5O2S/c1-20(22-12-14-23(15-13-22)28(37)27-9-6-18-39-27)30(38)32-19-21-10-16-24(17-11-21)33-31-34-26-8-5-4-7-25(26)29(35-31)36(2)3/h4-9,12-15,18,20-21,24H,10-11,16-17,19H2,1-3H3,(H,32,38)(H,33,34,35)/t20?,21-,24+. The van der Waals surface area contributed by atoms with Crippen LogP contribution < -0.4 is 15.5 Å². The van der Waals surface area contributed by atoms with Gasteiger partial charge in [0, 0.05) is 37.6 Å². The summed E-state index contributed by atoms with van der Waals surface area (Å²) < 4.78 is 0. The lowest BCUT2D eigenvalue weighted by Crippen LogP contribution is -2.36. The van der Waals surface area contributed by atoms with Crippen molar-refractivity contribution in [1.29, 1.82) is 0 Å². The molecule has 1 aliphatic rings. The molecular weight excluding hydrogens is 506 g/mol. The highest BCUT2D eigenvalue weighted by Crippen LogP contribution is 2.28. The second-order valence-corrected chi connectivity index (χ2v) is 11.5. The predicted octanol–water partition coefficient (Wildman–Crippen LogP) is 5.88. The molecule has 1 atom stereocenters. The van der Waals surface area contributed by atoms with Gasteiger partial charge < -0.3 is 15.5 Å². The SMILES string of the molecule is CC(C(=O)NC[C@H]1CC[C@@H](Nc2nc(N(C)C)c3ccccc3n2)CC1)c1ccc(C(=O)c2cccs2)cc1. The maximum absolute atomic E-state index is 12.9. The molecule has 202 valence electrons. The molecule has 0 bridgehead atoms. The summed E-state index contributed by atoms with van der Waals surface area (Å²) in [6, 6.07) is 19.5. The van der Waals surface area contributed by atoms with Crippen LogP contribution in [0.5, 0.6) is 0 Å². The van der Waals surface area contributed by atoms with Crippen LogP contribution in [0.3, 0.4) is 0 Å². The minimum Gasteiger partial charge on any atom is -0.362 e. The third kappa shape index (κ3) is 6.28. The second-order valence-electron chi connectivity index (χ2n) is 10.5. The minimum atomic E-state index is -0.273. The number of carbonyl (C=O) groups is 2. The van der Waals surface area contributed by atoms with Crippen molar-refractivity contribution in [2.45, 2.75) is 44.6 Å². The molecule has 1 aliphatic carbocycles. The van der Waals surface area contributed by atoms with Gasteiger partial charge in [-0.1, -0.05) is 42.5 Å². The van der Waals surface area contributed by atoms with E-state index in [4.69, 9.17) is 9.97 Å². The van der Waals surface area contributed by atoms with Gasteiger partial charge in [-0.15, -0.1) is 11.3 Å². The van der Waals surface area contributed by atoms with Crippen LogP contribution in [0.25, 0.3) is 10.9 Å². The summed E-state index contributed by atoms with van der Waals surface area (Å²) in [5, 5.41) is 9.66. The molecule has 2 heterocycles. The number of ketones is 1. The monoisotopic (exact) mass is 541 g/mol. The molecule has 5 rings (SSSR count). The quantitative estimate of drug-likeness (QED) is 0.257. The molecule has 1 amide bonds. The van der Waals surface area contributed by atoms with Crippen molar-refractivity contribution < 1.29 is 9.59 Å². The highest BCUT2D eigenvalue weighted by atomic mass is 32.1. The summed E-state index contributed by atoms with van der Waals surface area (Å²) in [4.78, 5) is 37.7. The number of thiophene rings is 1. The summed E-state index contributed by atoms with van der Waals surface area (Å²) in [7, 11) is 4.00. The van der Waals surface area contributed by atoms with Crippen molar-refractivity contribution in [1.82, 2.24) is 15.3 Å². The largest absolute Gasteiger partial charge is 0.362 e. The van der Waals surface area contributed by atoms with Gasteiger partial charge in [0.15, 0.2) is 0 Å². The Morgan fingerprint density at radius 2 is 1.72 bits per heavy atom. The van der Waals surface area contributed by atoms with Crippen LogP contribution in [-0.2, 0) is 4.79 Å². The van der Waals surface area contributed by atoms with Crippen LogP contribution in [0.15, 0.2) is 66.0 Å². The number of hydrogen-bond acceptors (Lipinski definition) is 7. The Morgan fingerprint density at radius 1 is 0.974 bits per heavy atom. The van der Waals surface area contributed by atoms with E-state index in [1.54, 1.807) is 0 Å². The van der Waals surface area contributed by atoms with Crippen molar-refractivity contribution in [2.24, 2.45) is 5.92 Å². The van der Waals surface area contributed by atoms with Crippen LogP contribution in [0.1, 0.15) is 59.3 Å². The number of fused-ring (bicyclic) bond motifs is 1. The molecule has 4 aromatic rings. The topological polar surface area (TPSA) is 87.2 Å². The number of anilines is 2. The molecule has 1 unspecified atom stereocenters. The second kappa shape index (κ2) is 11.9. The van der Waals surface area contributed by atoms with Crippen molar-refractivity contribution in [3.05, 3.63) is 82.0 Å². The lowest BCUT2D eigenvalue weighted by Gasteiger charge is -2.29. The Kier molecular flexibility index (Phi) is 8.21. The molecule has 0 saturated heterocycles. The fourth-order valence-electron chi connectivity index (χ4n) is 5.18. The summed E-state index contributed by atoms with van der Waals surface area (Å²) in [6.45, 7) is 2.60. The average molecular weight is 542 g/mol. The van der Waals surface area contributed by atoms with E-state index in [1.165, 1.54) is 11.3 Å². The van der Waals surface area contributed by atoms with Crippen LogP contribution in [0.4, 0.5) is 11.8 Å². The van der Waals surface area contributed by atoms with E-state index in [0.717, 1.165) is 52.8 Å². The highest BCUT2D eigenvalue weighted by Gasteiger charge is 2.24. The fourth-order valence-corrected chi connectivity index (χ4v) is 5.87. The first-order chi connectivity index (χ1) is 18.9. The number of rotatable bonds is 9. The Bertz CT molecular complexity index is 1430. The molecule has 1 fully saturated rings. The van der Waals surface area contributed by atoms with Crippen LogP contribution in [-0.4, -0.2) is 48.3 Å². The first-order valence-corrected chi connectivity index (χ1v) is 14.4. The zero-order chi connectivity index (χ0) is 27.4. The number of carbonyl (C=O) groups excluding carboxylic acids is 2. The third-order valence-electron chi connectivity index (χ3n) is 7.56. The van der Waals surface area contributed by atoms with E-state index < -0.39 is 0 Å². The summed E-state index contributed by atoms with van der Waals surface area (Å²) in [6.07, 6.45) is 4.12. The first-order valence-electron chi connectivity index (χ1n) is 13.6. The highest BCUT2D eigenvalue weighted by molar-refractivity contribution is 7.12. The summed E-state index contributed by atoms with van der Waals surface area (Å²) in [5.74, 6) is 1.81. The van der Waals surface area contributed by atoms with E-state index in [-0.39, 0.29) is 17.6 Å². The van der Waals surface area contributed by atoms with E-state index in [2.05, 4.69) is 16.7 Å². The lowest BCUT2D eigenvalue weighted by atomic mass is 9.86. The number of aromatic nitrogens is 2. The smallest absolute Gasteiger partial charge is 0.227 e. The van der Waals surface area contributed by atoms with Gasteiger partial charge in [0.05, 0.1) is 16.3 Å². The fraction of sp³-hybridized carbons (Fsp3) is 0.355. The number of para-hydroxylation sites is 1. The maximum atomic E-state index is 12.9.